The fraction of sp³-hybridized carbons (Fsp3) is 0.0714. The smallest absolute Gasteiger partial charge is 0.318 e. The molecule has 1 heterocycles. The van der Waals surface area contributed by atoms with E-state index in [1.807, 2.05) is 0 Å². The zero-order valence-corrected chi connectivity index (χ0v) is 12.8. The average molecular weight is 349 g/mol. The zero-order valence-electron chi connectivity index (χ0n) is 11.2. The van der Waals surface area contributed by atoms with Crippen LogP contribution in [0, 0.1) is 0 Å². The number of benzene rings is 1. The van der Waals surface area contributed by atoms with Gasteiger partial charge < -0.3 is 16.0 Å². The molecule has 0 saturated carbocycles. The molecule has 21 heavy (non-hydrogen) atoms. The minimum atomic E-state index is -0.300. The summed E-state index contributed by atoms with van der Waals surface area (Å²) in [7, 11) is 1.54. The number of amides is 3. The lowest BCUT2D eigenvalue weighted by Crippen LogP contribution is -2.24. The summed E-state index contributed by atoms with van der Waals surface area (Å²) < 4.78 is 0.809. The first-order chi connectivity index (χ1) is 10.1. The van der Waals surface area contributed by atoms with Gasteiger partial charge in [-0.3, -0.25) is 4.79 Å². The molecule has 0 radical (unpaired) electrons. The third kappa shape index (κ3) is 4.28. The molecule has 0 bridgehead atoms. The first-order valence-corrected chi connectivity index (χ1v) is 6.89. The number of aromatic nitrogens is 1. The molecule has 0 fully saturated rings. The largest absolute Gasteiger partial charge is 0.341 e. The molecule has 108 valence electrons. The SMILES string of the molecule is CNC(=O)Nc1ccc(NC(=O)c2ccc(Br)cn2)cc1. The van der Waals surface area contributed by atoms with Crippen LogP contribution in [-0.4, -0.2) is 24.0 Å². The van der Waals surface area contributed by atoms with E-state index in [1.54, 1.807) is 42.6 Å². The maximum atomic E-state index is 12.0. The standard InChI is InChI=1S/C14H13BrN4O2/c1-16-14(21)19-11-5-3-10(4-6-11)18-13(20)12-7-2-9(15)8-17-12/h2-8H,1H3,(H,18,20)(H2,16,19,21). The van der Waals surface area contributed by atoms with Crippen molar-refractivity contribution < 1.29 is 9.59 Å². The second-order valence-corrected chi connectivity index (χ2v) is 5.01. The molecule has 1 aromatic carbocycles. The molecule has 0 aliphatic heterocycles. The Hall–Kier alpha value is -2.41. The molecular formula is C14H13BrN4O2. The highest BCUT2D eigenvalue weighted by Crippen LogP contribution is 2.15. The van der Waals surface area contributed by atoms with Crippen molar-refractivity contribution in [3.8, 4) is 0 Å². The van der Waals surface area contributed by atoms with Crippen LogP contribution < -0.4 is 16.0 Å². The number of nitrogens with one attached hydrogen (secondary N) is 3. The fourth-order valence-corrected chi connectivity index (χ4v) is 1.77. The number of urea groups is 1. The Bertz CT molecular complexity index is 641. The van der Waals surface area contributed by atoms with Crippen LogP contribution in [0.1, 0.15) is 10.5 Å². The molecule has 6 nitrogen and oxygen atoms in total. The van der Waals surface area contributed by atoms with Crippen LogP contribution in [0.4, 0.5) is 16.2 Å². The molecular weight excluding hydrogens is 336 g/mol. The first kappa shape index (κ1) is 15.0. The number of rotatable bonds is 3. The van der Waals surface area contributed by atoms with Crippen LogP contribution in [0.5, 0.6) is 0 Å². The van der Waals surface area contributed by atoms with Crippen molar-refractivity contribution in [1.29, 1.82) is 0 Å². The van der Waals surface area contributed by atoms with Crippen LogP contribution in [0.2, 0.25) is 0 Å². The molecule has 0 aliphatic rings. The number of pyridine rings is 1. The van der Waals surface area contributed by atoms with Crippen molar-refractivity contribution in [3.63, 3.8) is 0 Å². The molecule has 0 aliphatic carbocycles. The normalized spacial score (nSPS) is 9.81. The van der Waals surface area contributed by atoms with Crippen LogP contribution in [0.3, 0.4) is 0 Å². The molecule has 0 unspecified atom stereocenters. The van der Waals surface area contributed by atoms with E-state index in [4.69, 9.17) is 0 Å². The second-order valence-electron chi connectivity index (χ2n) is 4.10. The zero-order chi connectivity index (χ0) is 15.2. The average Bonchev–Trinajstić information content (AvgIpc) is 2.49. The maximum absolute atomic E-state index is 12.0. The van der Waals surface area contributed by atoms with Gasteiger partial charge in [-0.15, -0.1) is 0 Å². The van der Waals surface area contributed by atoms with Crippen molar-refractivity contribution in [2.45, 2.75) is 0 Å². The highest BCUT2D eigenvalue weighted by Gasteiger charge is 2.07. The van der Waals surface area contributed by atoms with Gasteiger partial charge in [-0.2, -0.15) is 0 Å². The Morgan fingerprint density at radius 1 is 1.00 bits per heavy atom. The predicted octanol–water partition coefficient (Wildman–Crippen LogP) is 2.85. The van der Waals surface area contributed by atoms with Crippen LogP contribution in [-0.2, 0) is 0 Å². The summed E-state index contributed by atoms with van der Waals surface area (Å²) >= 11 is 3.26. The van der Waals surface area contributed by atoms with E-state index in [0.29, 0.717) is 17.1 Å². The Balaban J connectivity index is 2.01. The summed E-state index contributed by atoms with van der Waals surface area (Å²) in [6.45, 7) is 0. The molecule has 7 heteroatoms. The summed E-state index contributed by atoms with van der Waals surface area (Å²) in [5.41, 5.74) is 1.58. The summed E-state index contributed by atoms with van der Waals surface area (Å²) in [6.07, 6.45) is 1.56. The van der Waals surface area contributed by atoms with E-state index in [2.05, 4.69) is 36.9 Å². The van der Waals surface area contributed by atoms with E-state index in [1.165, 1.54) is 7.05 Å². The summed E-state index contributed by atoms with van der Waals surface area (Å²) in [5, 5.41) is 7.81. The van der Waals surface area contributed by atoms with Gasteiger partial charge in [-0.05, 0) is 52.3 Å². The number of hydrogen-bond donors (Lipinski definition) is 3. The highest BCUT2D eigenvalue weighted by molar-refractivity contribution is 9.10. The van der Waals surface area contributed by atoms with Gasteiger partial charge in [0.15, 0.2) is 0 Å². The van der Waals surface area contributed by atoms with Crippen molar-refractivity contribution >= 4 is 39.2 Å². The second kappa shape index (κ2) is 6.85. The van der Waals surface area contributed by atoms with E-state index >= 15 is 0 Å². The van der Waals surface area contributed by atoms with E-state index in [-0.39, 0.29) is 11.9 Å². The lowest BCUT2D eigenvalue weighted by atomic mass is 10.2. The van der Waals surface area contributed by atoms with E-state index in [9.17, 15) is 9.59 Å². The molecule has 0 atom stereocenters. The summed E-state index contributed by atoms with van der Waals surface area (Å²) in [4.78, 5) is 27.1. The molecule has 0 spiro atoms. The monoisotopic (exact) mass is 348 g/mol. The van der Waals surface area contributed by atoms with Gasteiger partial charge >= 0.3 is 6.03 Å². The van der Waals surface area contributed by atoms with Crippen molar-refractivity contribution in [3.05, 3.63) is 52.8 Å². The summed E-state index contributed by atoms with van der Waals surface area (Å²) in [5.74, 6) is -0.297. The predicted molar refractivity (Wildman–Crippen MR) is 84.4 cm³/mol. The van der Waals surface area contributed by atoms with Crippen molar-refractivity contribution in [1.82, 2.24) is 10.3 Å². The minimum Gasteiger partial charge on any atom is -0.341 e. The third-order valence-corrected chi connectivity index (χ3v) is 3.06. The molecule has 2 rings (SSSR count). The lowest BCUT2D eigenvalue weighted by Gasteiger charge is -2.07. The Kier molecular flexibility index (Phi) is 4.89. The highest BCUT2D eigenvalue weighted by atomic mass is 79.9. The number of anilines is 2. The number of carbonyl (C=O) groups excluding carboxylic acids is 2. The minimum absolute atomic E-state index is 0.297. The van der Waals surface area contributed by atoms with Gasteiger partial charge in [0.1, 0.15) is 5.69 Å². The van der Waals surface area contributed by atoms with E-state index < -0.39 is 0 Å². The van der Waals surface area contributed by atoms with Gasteiger partial charge in [-0.1, -0.05) is 0 Å². The third-order valence-electron chi connectivity index (χ3n) is 2.59. The molecule has 3 amide bonds. The first-order valence-electron chi connectivity index (χ1n) is 6.10. The van der Waals surface area contributed by atoms with Crippen LogP contribution in [0.25, 0.3) is 0 Å². The van der Waals surface area contributed by atoms with Crippen LogP contribution in [0.15, 0.2) is 47.1 Å². The Labute approximate surface area is 130 Å². The number of hydrogen-bond acceptors (Lipinski definition) is 3. The fourth-order valence-electron chi connectivity index (χ4n) is 1.54. The van der Waals surface area contributed by atoms with Gasteiger partial charge in [0.05, 0.1) is 0 Å². The lowest BCUT2D eigenvalue weighted by molar-refractivity contribution is 0.102. The number of carbonyl (C=O) groups is 2. The number of halogens is 1. The van der Waals surface area contributed by atoms with Gasteiger partial charge in [0.2, 0.25) is 0 Å². The molecule has 2 aromatic rings. The molecule has 3 N–H and O–H groups in total. The van der Waals surface area contributed by atoms with E-state index in [0.717, 1.165) is 4.47 Å². The van der Waals surface area contributed by atoms with Gasteiger partial charge in [-0.25, -0.2) is 9.78 Å². The molecule has 1 aromatic heterocycles. The van der Waals surface area contributed by atoms with Gasteiger partial charge in [0.25, 0.3) is 5.91 Å². The van der Waals surface area contributed by atoms with Gasteiger partial charge in [0, 0.05) is 29.1 Å². The van der Waals surface area contributed by atoms with Crippen LogP contribution >= 0.6 is 15.9 Å². The topological polar surface area (TPSA) is 83.1 Å². The molecule has 0 saturated heterocycles. The maximum Gasteiger partial charge on any atom is 0.318 e. The Morgan fingerprint density at radius 2 is 1.62 bits per heavy atom. The Morgan fingerprint density at radius 3 is 2.14 bits per heavy atom. The number of nitrogens with zero attached hydrogens (tertiary/aromatic N) is 1. The van der Waals surface area contributed by atoms with Crippen molar-refractivity contribution in [2.75, 3.05) is 17.7 Å². The summed E-state index contributed by atoms with van der Waals surface area (Å²) in [6, 6.07) is 9.86. The van der Waals surface area contributed by atoms with Crippen molar-refractivity contribution in [2.24, 2.45) is 0 Å². The quantitative estimate of drug-likeness (QED) is 0.797.